The van der Waals surface area contributed by atoms with Gasteiger partial charge in [0.25, 0.3) is 0 Å². The minimum absolute atomic E-state index is 0.717. The van der Waals surface area contributed by atoms with E-state index < -0.39 is 0 Å². The fraction of sp³-hybridized carbons (Fsp3) is 0.588. The molecule has 2 saturated heterocycles. The van der Waals surface area contributed by atoms with Crippen LogP contribution in [0.5, 0.6) is 0 Å². The van der Waals surface area contributed by atoms with Gasteiger partial charge in [-0.05, 0) is 72.9 Å². The number of halogens is 1. The van der Waals surface area contributed by atoms with Gasteiger partial charge in [-0.25, -0.2) is 0 Å². The molecule has 2 aliphatic heterocycles. The lowest BCUT2D eigenvalue weighted by Gasteiger charge is -2.41. The van der Waals surface area contributed by atoms with Gasteiger partial charge in [0.1, 0.15) is 0 Å². The summed E-state index contributed by atoms with van der Waals surface area (Å²) in [5.41, 5.74) is 1.94. The molecule has 1 aromatic carbocycles. The van der Waals surface area contributed by atoms with Crippen LogP contribution in [-0.2, 0) is 0 Å². The van der Waals surface area contributed by atoms with E-state index in [1.54, 1.807) is 0 Å². The SMILES string of the molecule is N#Cc1ccc(N2CCC(N3CCCCC3)CC2)c(Br)c1. The predicted molar refractivity (Wildman–Crippen MR) is 89.5 cm³/mol. The minimum Gasteiger partial charge on any atom is -0.371 e. The van der Waals surface area contributed by atoms with Crippen LogP contribution in [0.2, 0.25) is 0 Å². The molecule has 21 heavy (non-hydrogen) atoms. The molecule has 0 spiro atoms. The molecule has 3 rings (SSSR count). The van der Waals surface area contributed by atoms with E-state index in [-0.39, 0.29) is 0 Å². The van der Waals surface area contributed by atoms with Crippen molar-refractivity contribution < 1.29 is 0 Å². The second-order valence-electron chi connectivity index (χ2n) is 6.09. The molecule has 4 heteroatoms. The highest BCUT2D eigenvalue weighted by Crippen LogP contribution is 2.30. The van der Waals surface area contributed by atoms with Gasteiger partial charge < -0.3 is 9.80 Å². The first kappa shape index (κ1) is 14.9. The third kappa shape index (κ3) is 3.41. The van der Waals surface area contributed by atoms with E-state index in [0.717, 1.165) is 23.6 Å². The highest BCUT2D eigenvalue weighted by molar-refractivity contribution is 9.10. The summed E-state index contributed by atoms with van der Waals surface area (Å²) in [6.45, 7) is 4.83. The molecule has 112 valence electrons. The van der Waals surface area contributed by atoms with Gasteiger partial charge in [0.05, 0.1) is 17.3 Å². The molecular formula is C17H22BrN3. The summed E-state index contributed by atoms with van der Waals surface area (Å²) < 4.78 is 1.04. The van der Waals surface area contributed by atoms with Gasteiger partial charge >= 0.3 is 0 Å². The number of hydrogen-bond acceptors (Lipinski definition) is 3. The topological polar surface area (TPSA) is 30.3 Å². The summed E-state index contributed by atoms with van der Waals surface area (Å²) in [4.78, 5) is 5.15. The molecule has 0 radical (unpaired) electrons. The molecule has 0 aliphatic carbocycles. The summed E-state index contributed by atoms with van der Waals surface area (Å²) in [7, 11) is 0. The van der Waals surface area contributed by atoms with Crippen LogP contribution >= 0.6 is 15.9 Å². The Bertz CT molecular complexity index is 523. The van der Waals surface area contributed by atoms with Crippen LogP contribution in [0, 0.1) is 11.3 Å². The quantitative estimate of drug-likeness (QED) is 0.815. The van der Waals surface area contributed by atoms with Crippen molar-refractivity contribution in [3.8, 4) is 6.07 Å². The molecule has 0 bridgehead atoms. The van der Waals surface area contributed by atoms with Gasteiger partial charge in [-0.15, -0.1) is 0 Å². The van der Waals surface area contributed by atoms with Crippen LogP contribution in [0.3, 0.4) is 0 Å². The van der Waals surface area contributed by atoms with E-state index in [2.05, 4.69) is 37.9 Å². The van der Waals surface area contributed by atoms with Crippen LogP contribution in [0.25, 0.3) is 0 Å². The highest BCUT2D eigenvalue weighted by Gasteiger charge is 2.26. The average molecular weight is 348 g/mol. The van der Waals surface area contributed by atoms with E-state index in [1.807, 2.05) is 12.1 Å². The van der Waals surface area contributed by atoms with Crippen LogP contribution < -0.4 is 4.90 Å². The Morgan fingerprint density at radius 1 is 1.05 bits per heavy atom. The first-order chi connectivity index (χ1) is 10.3. The second kappa shape index (κ2) is 6.81. The fourth-order valence-electron chi connectivity index (χ4n) is 3.59. The number of anilines is 1. The van der Waals surface area contributed by atoms with Crippen molar-refractivity contribution >= 4 is 21.6 Å². The number of nitriles is 1. The average Bonchev–Trinajstić information content (AvgIpc) is 2.56. The van der Waals surface area contributed by atoms with E-state index in [0.29, 0.717) is 5.56 Å². The molecule has 2 aliphatic rings. The molecule has 2 heterocycles. The molecule has 0 amide bonds. The number of piperidine rings is 2. The summed E-state index contributed by atoms with van der Waals surface area (Å²) in [5, 5.41) is 8.95. The predicted octanol–water partition coefficient (Wildman–Crippen LogP) is 3.78. The molecule has 0 atom stereocenters. The second-order valence-corrected chi connectivity index (χ2v) is 6.95. The fourth-order valence-corrected chi connectivity index (χ4v) is 4.22. The molecule has 0 saturated carbocycles. The van der Waals surface area contributed by atoms with Gasteiger partial charge in [0.2, 0.25) is 0 Å². The van der Waals surface area contributed by atoms with Crippen molar-refractivity contribution in [2.24, 2.45) is 0 Å². The van der Waals surface area contributed by atoms with Crippen molar-refractivity contribution in [1.82, 2.24) is 4.90 Å². The van der Waals surface area contributed by atoms with Crippen LogP contribution in [-0.4, -0.2) is 37.1 Å². The van der Waals surface area contributed by atoms with E-state index in [9.17, 15) is 0 Å². The lowest BCUT2D eigenvalue weighted by Crippen LogP contribution is -2.46. The number of benzene rings is 1. The molecular weight excluding hydrogens is 326 g/mol. The van der Waals surface area contributed by atoms with Gasteiger partial charge in [-0.1, -0.05) is 6.42 Å². The van der Waals surface area contributed by atoms with Crippen molar-refractivity contribution in [3.63, 3.8) is 0 Å². The summed E-state index contributed by atoms with van der Waals surface area (Å²) in [6.07, 6.45) is 6.68. The summed E-state index contributed by atoms with van der Waals surface area (Å²) >= 11 is 3.61. The van der Waals surface area contributed by atoms with Crippen LogP contribution in [0.1, 0.15) is 37.7 Å². The molecule has 2 fully saturated rings. The highest BCUT2D eigenvalue weighted by atomic mass is 79.9. The van der Waals surface area contributed by atoms with Crippen molar-refractivity contribution in [1.29, 1.82) is 5.26 Å². The Morgan fingerprint density at radius 2 is 1.76 bits per heavy atom. The molecule has 3 nitrogen and oxygen atoms in total. The zero-order chi connectivity index (χ0) is 14.7. The largest absolute Gasteiger partial charge is 0.371 e. The normalized spacial score (nSPS) is 21.2. The van der Waals surface area contributed by atoms with Crippen molar-refractivity contribution in [3.05, 3.63) is 28.2 Å². The first-order valence-electron chi connectivity index (χ1n) is 7.96. The molecule has 0 aromatic heterocycles. The number of rotatable bonds is 2. The van der Waals surface area contributed by atoms with E-state index in [4.69, 9.17) is 5.26 Å². The molecule has 1 aromatic rings. The Hall–Kier alpha value is -1.05. The Balaban J connectivity index is 1.61. The van der Waals surface area contributed by atoms with Gasteiger partial charge in [0, 0.05) is 23.6 Å². The Kier molecular flexibility index (Phi) is 4.82. The summed E-state index contributed by atoms with van der Waals surface area (Å²) in [6, 6.07) is 8.88. The van der Waals surface area contributed by atoms with Crippen molar-refractivity contribution in [2.45, 2.75) is 38.1 Å². The number of nitrogens with zero attached hydrogens (tertiary/aromatic N) is 3. The lowest BCUT2D eigenvalue weighted by molar-refractivity contribution is 0.141. The summed E-state index contributed by atoms with van der Waals surface area (Å²) in [5.74, 6) is 0. The molecule has 0 unspecified atom stereocenters. The molecule has 0 N–H and O–H groups in total. The minimum atomic E-state index is 0.717. The zero-order valence-corrected chi connectivity index (χ0v) is 14.0. The van der Waals surface area contributed by atoms with E-state index in [1.165, 1.54) is 50.9 Å². The number of hydrogen-bond donors (Lipinski definition) is 0. The number of likely N-dealkylation sites (tertiary alicyclic amines) is 1. The smallest absolute Gasteiger partial charge is 0.0992 e. The zero-order valence-electron chi connectivity index (χ0n) is 12.4. The van der Waals surface area contributed by atoms with E-state index >= 15 is 0 Å². The van der Waals surface area contributed by atoms with Crippen LogP contribution in [0.15, 0.2) is 22.7 Å². The van der Waals surface area contributed by atoms with Gasteiger partial charge in [-0.3, -0.25) is 0 Å². The Labute approximate surface area is 135 Å². The first-order valence-corrected chi connectivity index (χ1v) is 8.76. The third-order valence-electron chi connectivity index (χ3n) is 4.79. The van der Waals surface area contributed by atoms with Gasteiger partial charge in [-0.2, -0.15) is 5.26 Å². The maximum absolute atomic E-state index is 8.95. The van der Waals surface area contributed by atoms with Crippen molar-refractivity contribution in [2.75, 3.05) is 31.1 Å². The third-order valence-corrected chi connectivity index (χ3v) is 5.42. The Morgan fingerprint density at radius 3 is 2.38 bits per heavy atom. The van der Waals surface area contributed by atoms with Gasteiger partial charge in [0.15, 0.2) is 0 Å². The standard InChI is InChI=1S/C17H22BrN3/c18-16-12-14(13-19)4-5-17(16)21-10-6-15(7-11-21)20-8-2-1-3-9-20/h4-5,12,15H,1-3,6-11H2. The lowest BCUT2D eigenvalue weighted by atomic mass is 9.99. The van der Waals surface area contributed by atoms with Crippen LogP contribution in [0.4, 0.5) is 5.69 Å². The maximum Gasteiger partial charge on any atom is 0.0992 e. The monoisotopic (exact) mass is 347 g/mol. The maximum atomic E-state index is 8.95.